The molecule has 2 rings (SSSR count). The van der Waals surface area contributed by atoms with Crippen LogP contribution in [0.2, 0.25) is 0 Å². The molecule has 0 aliphatic carbocycles. The van der Waals surface area contributed by atoms with Gasteiger partial charge in [0.25, 0.3) is 0 Å². The van der Waals surface area contributed by atoms with E-state index in [0.29, 0.717) is 6.54 Å². The Balaban J connectivity index is 1.75. The van der Waals surface area contributed by atoms with Gasteiger partial charge in [-0.05, 0) is 32.0 Å². The summed E-state index contributed by atoms with van der Waals surface area (Å²) in [7, 11) is 2.08. The van der Waals surface area contributed by atoms with Crippen molar-refractivity contribution in [1.82, 2.24) is 15.1 Å². The Morgan fingerprint density at radius 3 is 2.26 bits per heavy atom. The molecule has 1 aliphatic rings. The molecule has 0 aromatic heterocycles. The van der Waals surface area contributed by atoms with Gasteiger partial charge in [-0.3, -0.25) is 14.5 Å². The number of hydrogen-bond acceptors (Lipinski definition) is 4. The fraction of sp³-hybridized carbons (Fsp3) is 0.529. The third-order valence-corrected chi connectivity index (χ3v) is 4.15. The van der Waals surface area contributed by atoms with Crippen molar-refractivity contribution < 1.29 is 9.59 Å². The molecule has 0 unspecified atom stereocenters. The highest BCUT2D eigenvalue weighted by molar-refractivity contribution is 5.95. The first-order chi connectivity index (χ1) is 11.0. The van der Waals surface area contributed by atoms with Crippen LogP contribution in [-0.2, 0) is 9.59 Å². The number of anilines is 1. The third kappa shape index (κ3) is 5.33. The van der Waals surface area contributed by atoms with Crippen molar-refractivity contribution in [3.05, 3.63) is 29.3 Å². The van der Waals surface area contributed by atoms with Crippen LogP contribution in [0.25, 0.3) is 0 Å². The van der Waals surface area contributed by atoms with Gasteiger partial charge in [0.15, 0.2) is 0 Å². The highest BCUT2D eigenvalue weighted by atomic mass is 16.2. The van der Waals surface area contributed by atoms with Crippen molar-refractivity contribution in [3.8, 4) is 0 Å². The summed E-state index contributed by atoms with van der Waals surface area (Å²) < 4.78 is 0. The molecule has 23 heavy (non-hydrogen) atoms. The Kier molecular flexibility index (Phi) is 6.12. The first kappa shape index (κ1) is 17.4. The lowest BCUT2D eigenvalue weighted by Crippen LogP contribution is -2.48. The van der Waals surface area contributed by atoms with E-state index in [1.54, 1.807) is 0 Å². The van der Waals surface area contributed by atoms with Gasteiger partial charge in [0.1, 0.15) is 0 Å². The number of piperazine rings is 1. The number of carbonyl (C=O) groups is 2. The van der Waals surface area contributed by atoms with Crippen molar-refractivity contribution in [1.29, 1.82) is 0 Å². The normalized spacial score (nSPS) is 16.1. The second-order valence-electron chi connectivity index (χ2n) is 6.17. The van der Waals surface area contributed by atoms with Gasteiger partial charge in [0.05, 0.1) is 13.1 Å². The first-order valence-electron chi connectivity index (χ1n) is 7.99. The van der Waals surface area contributed by atoms with Gasteiger partial charge in [0.2, 0.25) is 11.8 Å². The van der Waals surface area contributed by atoms with Crippen molar-refractivity contribution >= 4 is 17.5 Å². The Morgan fingerprint density at radius 2 is 1.65 bits per heavy atom. The Bertz CT molecular complexity index is 545. The number of nitrogens with zero attached hydrogens (tertiary/aromatic N) is 2. The molecule has 2 amide bonds. The maximum atomic E-state index is 12.0. The van der Waals surface area contributed by atoms with E-state index < -0.39 is 0 Å². The van der Waals surface area contributed by atoms with Crippen LogP contribution in [0.15, 0.2) is 18.2 Å². The summed E-state index contributed by atoms with van der Waals surface area (Å²) in [6.07, 6.45) is 0. The highest BCUT2D eigenvalue weighted by Gasteiger charge is 2.17. The van der Waals surface area contributed by atoms with Crippen LogP contribution in [0.5, 0.6) is 0 Å². The zero-order valence-electron chi connectivity index (χ0n) is 14.2. The molecule has 1 heterocycles. The highest BCUT2D eigenvalue weighted by Crippen LogP contribution is 2.18. The summed E-state index contributed by atoms with van der Waals surface area (Å²) in [5, 5.41) is 5.56. The standard InChI is InChI=1S/C17H26N4O2/c1-13-5-4-6-14(2)17(13)19-15(22)11-18-16(23)12-21-9-7-20(3)8-10-21/h4-6H,7-12H2,1-3H3,(H,18,23)(H,19,22). The fourth-order valence-corrected chi connectivity index (χ4v) is 2.64. The Labute approximate surface area is 137 Å². The van der Waals surface area contributed by atoms with Gasteiger partial charge < -0.3 is 15.5 Å². The lowest BCUT2D eigenvalue weighted by atomic mass is 10.1. The molecule has 6 heteroatoms. The maximum Gasteiger partial charge on any atom is 0.243 e. The average molecular weight is 318 g/mol. The van der Waals surface area contributed by atoms with Crippen LogP contribution in [0.1, 0.15) is 11.1 Å². The molecular formula is C17H26N4O2. The molecule has 1 saturated heterocycles. The summed E-state index contributed by atoms with van der Waals surface area (Å²) in [5.41, 5.74) is 2.86. The van der Waals surface area contributed by atoms with E-state index in [9.17, 15) is 9.59 Å². The number of carbonyl (C=O) groups excluding carboxylic acids is 2. The van der Waals surface area contributed by atoms with Gasteiger partial charge >= 0.3 is 0 Å². The number of para-hydroxylation sites is 1. The third-order valence-electron chi connectivity index (χ3n) is 4.15. The van der Waals surface area contributed by atoms with Crippen molar-refractivity contribution in [2.45, 2.75) is 13.8 Å². The van der Waals surface area contributed by atoms with Crippen LogP contribution in [-0.4, -0.2) is 67.9 Å². The molecule has 2 N–H and O–H groups in total. The van der Waals surface area contributed by atoms with Crippen LogP contribution >= 0.6 is 0 Å². The summed E-state index contributed by atoms with van der Waals surface area (Å²) in [6, 6.07) is 5.86. The topological polar surface area (TPSA) is 64.7 Å². The van der Waals surface area contributed by atoms with E-state index in [-0.39, 0.29) is 18.4 Å². The molecular weight excluding hydrogens is 292 g/mol. The lowest BCUT2D eigenvalue weighted by Gasteiger charge is -2.31. The zero-order valence-corrected chi connectivity index (χ0v) is 14.2. The molecule has 6 nitrogen and oxygen atoms in total. The van der Waals surface area contributed by atoms with Crippen LogP contribution in [0.4, 0.5) is 5.69 Å². The van der Waals surface area contributed by atoms with Gasteiger partial charge in [0, 0.05) is 31.9 Å². The minimum atomic E-state index is -0.200. The average Bonchev–Trinajstić information content (AvgIpc) is 2.51. The van der Waals surface area contributed by atoms with E-state index >= 15 is 0 Å². The molecule has 0 radical (unpaired) electrons. The van der Waals surface area contributed by atoms with E-state index in [4.69, 9.17) is 0 Å². The lowest BCUT2D eigenvalue weighted by molar-refractivity contribution is -0.125. The molecule has 1 aliphatic heterocycles. The number of rotatable bonds is 5. The predicted octanol–water partition coefficient (Wildman–Crippen LogP) is 0.606. The first-order valence-corrected chi connectivity index (χ1v) is 7.99. The Hall–Kier alpha value is -1.92. The van der Waals surface area contributed by atoms with Gasteiger partial charge in [-0.2, -0.15) is 0 Å². The quantitative estimate of drug-likeness (QED) is 0.835. The SMILES string of the molecule is Cc1cccc(C)c1NC(=O)CNC(=O)CN1CCN(C)CC1. The molecule has 0 spiro atoms. The van der Waals surface area contributed by atoms with Crippen LogP contribution in [0, 0.1) is 13.8 Å². The molecule has 1 fully saturated rings. The second kappa shape index (κ2) is 8.08. The number of hydrogen-bond donors (Lipinski definition) is 2. The van der Waals surface area contributed by atoms with Crippen LogP contribution < -0.4 is 10.6 Å². The molecule has 1 aromatic rings. The van der Waals surface area contributed by atoms with E-state index in [2.05, 4.69) is 27.5 Å². The number of benzene rings is 1. The summed E-state index contributed by atoms with van der Waals surface area (Å²) in [6.45, 7) is 7.98. The number of amides is 2. The van der Waals surface area contributed by atoms with Crippen LogP contribution in [0.3, 0.4) is 0 Å². The van der Waals surface area contributed by atoms with Gasteiger partial charge in [-0.1, -0.05) is 18.2 Å². The van der Waals surface area contributed by atoms with Crippen molar-refractivity contribution in [2.75, 3.05) is 51.6 Å². The summed E-state index contributed by atoms with van der Waals surface area (Å²) >= 11 is 0. The molecule has 1 aromatic carbocycles. The molecule has 0 atom stereocenters. The van der Waals surface area contributed by atoms with E-state index in [1.165, 1.54) is 0 Å². The predicted molar refractivity (Wildman–Crippen MR) is 91.5 cm³/mol. The number of likely N-dealkylation sites (N-methyl/N-ethyl adjacent to an activating group) is 1. The molecule has 0 bridgehead atoms. The maximum absolute atomic E-state index is 12.0. The van der Waals surface area contributed by atoms with Gasteiger partial charge in [-0.25, -0.2) is 0 Å². The molecule has 126 valence electrons. The monoisotopic (exact) mass is 318 g/mol. The smallest absolute Gasteiger partial charge is 0.243 e. The van der Waals surface area contributed by atoms with Crippen molar-refractivity contribution in [3.63, 3.8) is 0 Å². The summed E-state index contributed by atoms with van der Waals surface area (Å²) in [5.74, 6) is -0.305. The summed E-state index contributed by atoms with van der Waals surface area (Å²) in [4.78, 5) is 28.3. The molecule has 0 saturated carbocycles. The largest absolute Gasteiger partial charge is 0.346 e. The van der Waals surface area contributed by atoms with Crippen molar-refractivity contribution in [2.24, 2.45) is 0 Å². The van der Waals surface area contributed by atoms with Gasteiger partial charge in [-0.15, -0.1) is 0 Å². The number of aryl methyl sites for hydroxylation is 2. The number of nitrogens with one attached hydrogen (secondary N) is 2. The minimum Gasteiger partial charge on any atom is -0.346 e. The van der Waals surface area contributed by atoms with E-state index in [1.807, 2.05) is 32.0 Å². The minimum absolute atomic E-state index is 0.000348. The van der Waals surface area contributed by atoms with E-state index in [0.717, 1.165) is 43.0 Å². The fourth-order valence-electron chi connectivity index (χ4n) is 2.64. The zero-order chi connectivity index (χ0) is 16.8. The Morgan fingerprint density at radius 1 is 1.04 bits per heavy atom. The second-order valence-corrected chi connectivity index (χ2v) is 6.17.